The molecule has 2 amide bonds. The number of amides is 2. The Bertz CT molecular complexity index is 737. The lowest BCUT2D eigenvalue weighted by atomic mass is 10.1. The summed E-state index contributed by atoms with van der Waals surface area (Å²) in [6.45, 7) is 4.38. The molecule has 2 saturated heterocycles. The zero-order valence-electron chi connectivity index (χ0n) is 15.8. The number of carbonyl (C=O) groups excluding carboxylic acids is 2. The molecular weight excluding hydrogens is 376 g/mol. The van der Waals surface area contributed by atoms with E-state index in [2.05, 4.69) is 19.1 Å². The number of hydrogen-bond donors (Lipinski definition) is 0. The Hall–Kier alpha value is -1.66. The van der Waals surface area contributed by atoms with Gasteiger partial charge in [0.1, 0.15) is 4.32 Å². The SMILES string of the molecule is CCc1ccc(/C=C2/SC(=S)N(CCCC(=O)N3CCCCC3)C2=O)cc1. The molecular formula is C21H26N2O2S2. The lowest BCUT2D eigenvalue weighted by molar-refractivity contribution is -0.132. The lowest BCUT2D eigenvalue weighted by Crippen LogP contribution is -2.36. The number of hydrogen-bond acceptors (Lipinski definition) is 4. The predicted octanol–water partition coefficient (Wildman–Crippen LogP) is 4.24. The summed E-state index contributed by atoms with van der Waals surface area (Å²) in [5, 5.41) is 0. The number of likely N-dealkylation sites (tertiary alicyclic amines) is 1. The van der Waals surface area contributed by atoms with E-state index in [4.69, 9.17) is 12.2 Å². The third-order valence-electron chi connectivity index (χ3n) is 5.04. The van der Waals surface area contributed by atoms with Crippen LogP contribution in [0.25, 0.3) is 6.08 Å². The van der Waals surface area contributed by atoms with Gasteiger partial charge in [-0.1, -0.05) is 55.2 Å². The van der Waals surface area contributed by atoms with Gasteiger partial charge in [-0.15, -0.1) is 0 Å². The molecule has 0 aromatic heterocycles. The second-order valence-corrected chi connectivity index (χ2v) is 8.65. The van der Waals surface area contributed by atoms with Crippen LogP contribution in [0.2, 0.25) is 0 Å². The van der Waals surface area contributed by atoms with Gasteiger partial charge in [0.25, 0.3) is 5.91 Å². The fourth-order valence-corrected chi connectivity index (χ4v) is 4.69. The van der Waals surface area contributed by atoms with E-state index in [1.54, 1.807) is 4.90 Å². The van der Waals surface area contributed by atoms with E-state index in [0.717, 1.165) is 37.9 Å². The van der Waals surface area contributed by atoms with E-state index in [-0.39, 0.29) is 11.8 Å². The third kappa shape index (κ3) is 5.20. The average Bonchev–Trinajstić information content (AvgIpc) is 2.96. The van der Waals surface area contributed by atoms with Crippen molar-refractivity contribution in [2.45, 2.75) is 45.4 Å². The zero-order valence-corrected chi connectivity index (χ0v) is 17.4. The number of rotatable bonds is 6. The van der Waals surface area contributed by atoms with Crippen molar-refractivity contribution < 1.29 is 9.59 Å². The molecule has 2 aliphatic heterocycles. The van der Waals surface area contributed by atoms with Gasteiger partial charge in [-0.05, 0) is 49.3 Å². The van der Waals surface area contributed by atoms with Crippen LogP contribution in [0.4, 0.5) is 0 Å². The van der Waals surface area contributed by atoms with Crippen LogP contribution < -0.4 is 0 Å². The molecule has 27 heavy (non-hydrogen) atoms. The molecule has 0 bridgehead atoms. The molecule has 0 atom stereocenters. The Labute approximate surface area is 171 Å². The Kier molecular flexibility index (Phi) is 7.07. The fourth-order valence-electron chi connectivity index (χ4n) is 3.38. The second-order valence-electron chi connectivity index (χ2n) is 6.97. The lowest BCUT2D eigenvalue weighted by Gasteiger charge is -2.27. The maximum absolute atomic E-state index is 12.7. The quantitative estimate of drug-likeness (QED) is 0.527. The minimum absolute atomic E-state index is 0.0463. The van der Waals surface area contributed by atoms with Gasteiger partial charge in [-0.2, -0.15) is 0 Å². The summed E-state index contributed by atoms with van der Waals surface area (Å²) in [6.07, 6.45) is 7.45. The molecule has 1 aromatic rings. The molecule has 0 unspecified atom stereocenters. The maximum Gasteiger partial charge on any atom is 0.266 e. The van der Waals surface area contributed by atoms with Crippen LogP contribution in [0.1, 0.15) is 50.2 Å². The normalized spacial score (nSPS) is 19.2. The van der Waals surface area contributed by atoms with Crippen LogP contribution in [-0.4, -0.2) is 45.6 Å². The first-order valence-corrected chi connectivity index (χ1v) is 10.9. The molecule has 0 radical (unpaired) electrons. The summed E-state index contributed by atoms with van der Waals surface area (Å²) in [5.74, 6) is 0.154. The Morgan fingerprint density at radius 2 is 1.89 bits per heavy atom. The summed E-state index contributed by atoms with van der Waals surface area (Å²) in [4.78, 5) is 29.2. The topological polar surface area (TPSA) is 40.6 Å². The molecule has 6 heteroatoms. The van der Waals surface area contributed by atoms with Gasteiger partial charge >= 0.3 is 0 Å². The second kappa shape index (κ2) is 9.51. The number of thiocarbonyl (C=S) groups is 1. The number of aryl methyl sites for hydroxylation is 1. The Morgan fingerprint density at radius 3 is 2.56 bits per heavy atom. The van der Waals surface area contributed by atoms with Crippen molar-refractivity contribution in [3.05, 3.63) is 40.3 Å². The molecule has 0 aliphatic carbocycles. The van der Waals surface area contributed by atoms with Gasteiger partial charge in [0.2, 0.25) is 5.91 Å². The fraction of sp³-hybridized carbons (Fsp3) is 0.476. The highest BCUT2D eigenvalue weighted by Crippen LogP contribution is 2.32. The van der Waals surface area contributed by atoms with Crippen molar-refractivity contribution in [2.75, 3.05) is 19.6 Å². The monoisotopic (exact) mass is 402 g/mol. The van der Waals surface area contributed by atoms with Crippen LogP contribution in [0, 0.1) is 0 Å². The van der Waals surface area contributed by atoms with Gasteiger partial charge < -0.3 is 4.90 Å². The van der Waals surface area contributed by atoms with Gasteiger partial charge in [-0.25, -0.2) is 0 Å². The summed E-state index contributed by atoms with van der Waals surface area (Å²) in [5.41, 5.74) is 2.28. The van der Waals surface area contributed by atoms with Crippen molar-refractivity contribution in [1.82, 2.24) is 9.80 Å². The molecule has 0 spiro atoms. The third-order valence-corrected chi connectivity index (χ3v) is 6.42. The number of benzene rings is 1. The molecule has 0 N–H and O–H groups in total. The van der Waals surface area contributed by atoms with Crippen molar-refractivity contribution in [2.24, 2.45) is 0 Å². The van der Waals surface area contributed by atoms with E-state index in [1.807, 2.05) is 23.1 Å². The Morgan fingerprint density at radius 1 is 1.19 bits per heavy atom. The summed E-state index contributed by atoms with van der Waals surface area (Å²) in [7, 11) is 0. The highest BCUT2D eigenvalue weighted by Gasteiger charge is 2.31. The Balaban J connectivity index is 1.54. The first-order valence-electron chi connectivity index (χ1n) is 9.70. The smallest absolute Gasteiger partial charge is 0.266 e. The largest absolute Gasteiger partial charge is 0.343 e. The van der Waals surface area contributed by atoms with Crippen molar-refractivity contribution in [3.8, 4) is 0 Å². The zero-order chi connectivity index (χ0) is 19.2. The molecule has 1 aromatic carbocycles. The van der Waals surface area contributed by atoms with Crippen LogP contribution >= 0.6 is 24.0 Å². The first-order chi connectivity index (χ1) is 13.1. The summed E-state index contributed by atoms with van der Waals surface area (Å²) < 4.78 is 0.585. The van der Waals surface area contributed by atoms with Gasteiger partial charge in [0.15, 0.2) is 0 Å². The van der Waals surface area contributed by atoms with E-state index in [1.165, 1.54) is 23.7 Å². The molecule has 2 fully saturated rings. The van der Waals surface area contributed by atoms with Crippen molar-refractivity contribution in [1.29, 1.82) is 0 Å². The minimum Gasteiger partial charge on any atom is -0.343 e. The van der Waals surface area contributed by atoms with Gasteiger partial charge in [0.05, 0.1) is 4.91 Å². The molecule has 0 saturated carbocycles. The van der Waals surface area contributed by atoms with Crippen LogP contribution in [-0.2, 0) is 16.0 Å². The molecule has 4 nitrogen and oxygen atoms in total. The highest BCUT2D eigenvalue weighted by atomic mass is 32.2. The van der Waals surface area contributed by atoms with E-state index >= 15 is 0 Å². The standard InChI is InChI=1S/C21H26N2O2S2/c1-2-16-8-10-17(11-9-16)15-18-20(25)23(21(26)27-18)14-6-7-19(24)22-12-4-3-5-13-22/h8-11,15H,2-7,12-14H2,1H3/b18-15+. The van der Waals surface area contributed by atoms with E-state index in [0.29, 0.717) is 28.6 Å². The molecule has 3 rings (SSSR count). The van der Waals surface area contributed by atoms with Crippen molar-refractivity contribution >= 4 is 46.2 Å². The van der Waals surface area contributed by atoms with Crippen LogP contribution in [0.3, 0.4) is 0 Å². The van der Waals surface area contributed by atoms with E-state index < -0.39 is 0 Å². The molecule has 2 heterocycles. The van der Waals surface area contributed by atoms with Crippen LogP contribution in [0.5, 0.6) is 0 Å². The minimum atomic E-state index is -0.0463. The number of nitrogens with zero attached hydrogens (tertiary/aromatic N) is 2. The van der Waals surface area contributed by atoms with Crippen molar-refractivity contribution in [3.63, 3.8) is 0 Å². The van der Waals surface area contributed by atoms with Gasteiger partial charge in [0, 0.05) is 26.1 Å². The van der Waals surface area contributed by atoms with Gasteiger partial charge in [-0.3, -0.25) is 14.5 Å². The summed E-state index contributed by atoms with van der Waals surface area (Å²) >= 11 is 6.73. The van der Waals surface area contributed by atoms with Crippen LogP contribution in [0.15, 0.2) is 29.2 Å². The maximum atomic E-state index is 12.7. The number of thioether (sulfide) groups is 1. The predicted molar refractivity (Wildman–Crippen MR) is 115 cm³/mol. The molecule has 2 aliphatic rings. The number of carbonyl (C=O) groups is 2. The summed E-state index contributed by atoms with van der Waals surface area (Å²) in [6, 6.07) is 8.23. The molecule has 144 valence electrons. The first kappa shape index (κ1) is 20.1. The van der Waals surface area contributed by atoms with E-state index in [9.17, 15) is 9.59 Å². The average molecular weight is 403 g/mol. The number of piperidine rings is 1. The highest BCUT2D eigenvalue weighted by molar-refractivity contribution is 8.26.